The summed E-state index contributed by atoms with van der Waals surface area (Å²) in [6.45, 7) is 7.23. The number of aryl methyl sites for hydroxylation is 3. The average Bonchev–Trinajstić information content (AvgIpc) is 2.93. The van der Waals surface area contributed by atoms with Crippen molar-refractivity contribution in [2.45, 2.75) is 71.4 Å². The number of aromatic nitrogens is 2. The van der Waals surface area contributed by atoms with Crippen molar-refractivity contribution in [2.75, 3.05) is 19.6 Å². The first-order valence-corrected chi connectivity index (χ1v) is 9.63. The number of hydrogen-bond donors (Lipinski definition) is 0. The molecule has 0 aromatic carbocycles. The Morgan fingerprint density at radius 2 is 2.08 bits per heavy atom. The van der Waals surface area contributed by atoms with Gasteiger partial charge in [-0.25, -0.2) is 0 Å². The van der Waals surface area contributed by atoms with E-state index in [4.69, 9.17) is 0 Å². The molecule has 1 atom stereocenters. The molecular weight excluding hydrogens is 316 g/mol. The zero-order chi connectivity index (χ0) is 17.8. The maximum atomic E-state index is 12.6. The molecule has 0 aliphatic carbocycles. The second-order valence-electron chi connectivity index (χ2n) is 7.43. The van der Waals surface area contributed by atoms with Crippen molar-refractivity contribution in [3.05, 3.63) is 17.5 Å². The molecule has 2 fully saturated rings. The summed E-state index contributed by atoms with van der Waals surface area (Å²) in [4.78, 5) is 28.7. The number of carbonyl (C=O) groups is 2. The molecule has 3 heterocycles. The van der Waals surface area contributed by atoms with Gasteiger partial charge in [-0.3, -0.25) is 14.3 Å². The van der Waals surface area contributed by atoms with Gasteiger partial charge in [-0.2, -0.15) is 5.10 Å². The zero-order valence-corrected chi connectivity index (χ0v) is 15.5. The van der Waals surface area contributed by atoms with Crippen molar-refractivity contribution >= 4 is 11.8 Å². The molecule has 2 aliphatic rings. The lowest BCUT2D eigenvalue weighted by molar-refractivity contribution is -0.141. The monoisotopic (exact) mass is 346 g/mol. The predicted molar refractivity (Wildman–Crippen MR) is 96.1 cm³/mol. The van der Waals surface area contributed by atoms with Crippen LogP contribution in [-0.4, -0.2) is 57.1 Å². The van der Waals surface area contributed by atoms with Crippen molar-refractivity contribution in [3.63, 3.8) is 0 Å². The number of rotatable bonds is 5. The SMILES string of the molecule is Cc1cc(C)n(CCCC(=O)N2CCCC(N3CCCCC3=O)C2)n1. The highest BCUT2D eigenvalue weighted by Crippen LogP contribution is 2.21. The standard InChI is InChI=1S/C19H30N4O2/c1-15-13-16(2)23(20-15)12-6-9-18(24)21-10-5-7-17(14-21)22-11-4-3-8-19(22)25/h13,17H,3-12,14H2,1-2H3. The molecule has 2 aliphatic heterocycles. The Labute approximate surface area is 150 Å². The zero-order valence-electron chi connectivity index (χ0n) is 15.5. The van der Waals surface area contributed by atoms with E-state index >= 15 is 0 Å². The minimum Gasteiger partial charge on any atom is -0.341 e. The number of piperidine rings is 2. The molecule has 1 unspecified atom stereocenters. The Hall–Kier alpha value is -1.85. The summed E-state index contributed by atoms with van der Waals surface area (Å²) in [5.41, 5.74) is 2.17. The van der Waals surface area contributed by atoms with Gasteiger partial charge in [0.05, 0.1) is 5.69 Å². The number of carbonyl (C=O) groups excluding carboxylic acids is 2. The molecule has 0 saturated carbocycles. The van der Waals surface area contributed by atoms with E-state index in [9.17, 15) is 9.59 Å². The van der Waals surface area contributed by atoms with E-state index in [1.54, 1.807) is 0 Å². The van der Waals surface area contributed by atoms with Crippen LogP contribution in [-0.2, 0) is 16.1 Å². The van der Waals surface area contributed by atoms with E-state index in [2.05, 4.69) is 11.2 Å². The number of likely N-dealkylation sites (tertiary alicyclic amines) is 2. The second-order valence-corrected chi connectivity index (χ2v) is 7.43. The topological polar surface area (TPSA) is 58.4 Å². The molecule has 25 heavy (non-hydrogen) atoms. The molecule has 1 aromatic heterocycles. The molecule has 0 radical (unpaired) electrons. The third-order valence-electron chi connectivity index (χ3n) is 5.41. The highest BCUT2D eigenvalue weighted by Gasteiger charge is 2.31. The van der Waals surface area contributed by atoms with Crippen LogP contribution in [0.15, 0.2) is 6.07 Å². The van der Waals surface area contributed by atoms with E-state index in [1.807, 2.05) is 28.3 Å². The Kier molecular flexibility index (Phi) is 5.76. The van der Waals surface area contributed by atoms with Gasteiger partial charge in [0.25, 0.3) is 0 Å². The molecule has 0 bridgehead atoms. The first-order chi connectivity index (χ1) is 12.0. The molecule has 2 saturated heterocycles. The molecular formula is C19H30N4O2. The number of hydrogen-bond acceptors (Lipinski definition) is 3. The van der Waals surface area contributed by atoms with Crippen LogP contribution >= 0.6 is 0 Å². The van der Waals surface area contributed by atoms with E-state index in [0.29, 0.717) is 19.4 Å². The summed E-state index contributed by atoms with van der Waals surface area (Å²) in [5.74, 6) is 0.491. The van der Waals surface area contributed by atoms with Gasteiger partial charge in [0.2, 0.25) is 11.8 Å². The summed E-state index contributed by atoms with van der Waals surface area (Å²) in [7, 11) is 0. The quantitative estimate of drug-likeness (QED) is 0.822. The van der Waals surface area contributed by atoms with Crippen molar-refractivity contribution in [3.8, 4) is 0 Å². The minimum absolute atomic E-state index is 0.218. The Morgan fingerprint density at radius 3 is 2.80 bits per heavy atom. The summed E-state index contributed by atoms with van der Waals surface area (Å²) >= 11 is 0. The minimum atomic E-state index is 0.218. The van der Waals surface area contributed by atoms with Crippen molar-refractivity contribution in [1.82, 2.24) is 19.6 Å². The third-order valence-corrected chi connectivity index (χ3v) is 5.41. The summed E-state index contributed by atoms with van der Waals surface area (Å²) in [6, 6.07) is 2.29. The largest absolute Gasteiger partial charge is 0.341 e. The van der Waals surface area contributed by atoms with Gasteiger partial charge in [0.15, 0.2) is 0 Å². The Bertz CT molecular complexity index is 625. The van der Waals surface area contributed by atoms with E-state index in [1.165, 1.54) is 0 Å². The lowest BCUT2D eigenvalue weighted by Gasteiger charge is -2.41. The predicted octanol–water partition coefficient (Wildman–Crippen LogP) is 2.28. The van der Waals surface area contributed by atoms with Gasteiger partial charge in [-0.15, -0.1) is 0 Å². The molecule has 138 valence electrons. The van der Waals surface area contributed by atoms with Crippen LogP contribution in [0.3, 0.4) is 0 Å². The van der Waals surface area contributed by atoms with Crippen LogP contribution in [0.5, 0.6) is 0 Å². The fourth-order valence-electron chi connectivity index (χ4n) is 4.09. The van der Waals surface area contributed by atoms with Gasteiger partial charge in [0, 0.05) is 50.8 Å². The summed E-state index contributed by atoms with van der Waals surface area (Å²) in [6.07, 6.45) is 6.17. The molecule has 1 aromatic rings. The van der Waals surface area contributed by atoms with Crippen molar-refractivity contribution < 1.29 is 9.59 Å². The fourth-order valence-corrected chi connectivity index (χ4v) is 4.09. The highest BCUT2D eigenvalue weighted by atomic mass is 16.2. The smallest absolute Gasteiger partial charge is 0.222 e. The fraction of sp³-hybridized carbons (Fsp3) is 0.737. The summed E-state index contributed by atoms with van der Waals surface area (Å²) in [5, 5.41) is 4.45. The maximum absolute atomic E-state index is 12.6. The lowest BCUT2D eigenvalue weighted by Crippen LogP contribution is -2.52. The van der Waals surface area contributed by atoms with Crippen LogP contribution in [0.25, 0.3) is 0 Å². The van der Waals surface area contributed by atoms with E-state index < -0.39 is 0 Å². The van der Waals surface area contributed by atoms with Crippen LogP contribution < -0.4 is 0 Å². The van der Waals surface area contributed by atoms with Crippen molar-refractivity contribution in [2.24, 2.45) is 0 Å². The Balaban J connectivity index is 1.48. The second kappa shape index (κ2) is 8.02. The normalized spacial score (nSPS) is 21.7. The van der Waals surface area contributed by atoms with E-state index in [-0.39, 0.29) is 17.9 Å². The molecule has 2 amide bonds. The average molecular weight is 346 g/mol. The molecule has 0 N–H and O–H groups in total. The first kappa shape index (κ1) is 18.0. The lowest BCUT2D eigenvalue weighted by atomic mass is 10.00. The van der Waals surface area contributed by atoms with E-state index in [0.717, 1.165) is 63.1 Å². The molecule has 0 spiro atoms. The van der Waals surface area contributed by atoms with Gasteiger partial charge >= 0.3 is 0 Å². The number of amides is 2. The molecule has 6 heteroatoms. The van der Waals surface area contributed by atoms with Crippen LogP contribution in [0.4, 0.5) is 0 Å². The highest BCUT2D eigenvalue weighted by molar-refractivity contribution is 5.78. The summed E-state index contributed by atoms with van der Waals surface area (Å²) < 4.78 is 1.98. The van der Waals surface area contributed by atoms with Crippen molar-refractivity contribution in [1.29, 1.82) is 0 Å². The van der Waals surface area contributed by atoms with Gasteiger partial charge in [-0.05, 0) is 52.0 Å². The molecule has 6 nitrogen and oxygen atoms in total. The van der Waals surface area contributed by atoms with Crippen LogP contribution in [0.1, 0.15) is 56.3 Å². The maximum Gasteiger partial charge on any atom is 0.222 e. The van der Waals surface area contributed by atoms with Crippen LogP contribution in [0.2, 0.25) is 0 Å². The van der Waals surface area contributed by atoms with Crippen LogP contribution in [0, 0.1) is 13.8 Å². The van der Waals surface area contributed by atoms with Gasteiger partial charge < -0.3 is 9.80 Å². The van der Waals surface area contributed by atoms with Gasteiger partial charge in [-0.1, -0.05) is 0 Å². The molecule has 3 rings (SSSR count). The van der Waals surface area contributed by atoms with Gasteiger partial charge in [0.1, 0.15) is 0 Å². The Morgan fingerprint density at radius 1 is 1.24 bits per heavy atom. The number of nitrogens with zero attached hydrogens (tertiary/aromatic N) is 4. The first-order valence-electron chi connectivity index (χ1n) is 9.63. The third kappa shape index (κ3) is 4.41.